The number of hydrogen-bond donors (Lipinski definition) is 2. The fourth-order valence-electron chi connectivity index (χ4n) is 6.16. The number of halogens is 1. The van der Waals surface area contributed by atoms with E-state index < -0.39 is 6.10 Å². The predicted octanol–water partition coefficient (Wildman–Crippen LogP) is 4.09. The molecule has 2 saturated heterocycles. The smallest absolute Gasteiger partial charge is 0.227 e. The van der Waals surface area contributed by atoms with Crippen molar-refractivity contribution in [2.45, 2.75) is 63.6 Å². The molecule has 1 aromatic carbocycles. The Bertz CT molecular complexity index is 1300. The van der Waals surface area contributed by atoms with E-state index in [1.807, 2.05) is 10.9 Å². The Labute approximate surface area is 222 Å². The third kappa shape index (κ3) is 4.16. The average molecular weight is 526 g/mol. The Balaban J connectivity index is 1.21. The van der Waals surface area contributed by atoms with E-state index in [0.29, 0.717) is 24.3 Å². The molecule has 6 rings (SSSR count). The van der Waals surface area contributed by atoms with Gasteiger partial charge >= 0.3 is 0 Å². The third-order valence-corrected chi connectivity index (χ3v) is 9.34. The molecule has 0 spiro atoms. The number of aliphatic hydroxyl groups is 1. The zero-order valence-corrected chi connectivity index (χ0v) is 22.6. The van der Waals surface area contributed by atoms with Crippen molar-refractivity contribution in [1.29, 1.82) is 0 Å². The minimum atomic E-state index is -0.439. The highest BCUT2D eigenvalue weighted by atomic mass is 35.5. The fraction of sp³-hybridized carbons (Fsp3) is 0.593. The van der Waals surface area contributed by atoms with E-state index in [-0.39, 0.29) is 11.1 Å². The molecular formula is C27H36ClN7O2. The van der Waals surface area contributed by atoms with Crippen LogP contribution in [0, 0.1) is 6.92 Å². The molecule has 9 nitrogen and oxygen atoms in total. The maximum absolute atomic E-state index is 10.4. The maximum Gasteiger partial charge on any atom is 0.227 e. The molecule has 2 aromatic heterocycles. The van der Waals surface area contributed by atoms with Crippen LogP contribution in [-0.4, -0.2) is 80.8 Å². The molecule has 4 heterocycles. The van der Waals surface area contributed by atoms with Gasteiger partial charge in [0.1, 0.15) is 0 Å². The summed E-state index contributed by atoms with van der Waals surface area (Å²) < 4.78 is 7.53. The van der Waals surface area contributed by atoms with Crippen molar-refractivity contribution in [3.63, 3.8) is 0 Å². The Morgan fingerprint density at radius 1 is 1.19 bits per heavy atom. The second kappa shape index (κ2) is 9.38. The van der Waals surface area contributed by atoms with E-state index >= 15 is 0 Å². The van der Waals surface area contributed by atoms with Crippen LogP contribution in [0.15, 0.2) is 24.5 Å². The van der Waals surface area contributed by atoms with E-state index in [1.165, 1.54) is 17.7 Å². The summed E-state index contributed by atoms with van der Waals surface area (Å²) in [5, 5.41) is 20.0. The molecule has 37 heavy (non-hydrogen) atoms. The van der Waals surface area contributed by atoms with Gasteiger partial charge < -0.3 is 20.1 Å². The first-order valence-electron chi connectivity index (χ1n) is 13.4. The summed E-state index contributed by atoms with van der Waals surface area (Å²) in [5.74, 6) is 0.510. The van der Waals surface area contributed by atoms with E-state index in [4.69, 9.17) is 21.3 Å². The minimum Gasteiger partial charge on any atom is -0.389 e. The van der Waals surface area contributed by atoms with Crippen LogP contribution in [0.25, 0.3) is 10.9 Å². The molecule has 1 aliphatic carbocycles. The van der Waals surface area contributed by atoms with Crippen molar-refractivity contribution in [2.24, 2.45) is 0 Å². The molecular weight excluding hydrogens is 490 g/mol. The third-order valence-electron chi connectivity index (χ3n) is 8.98. The van der Waals surface area contributed by atoms with Crippen LogP contribution in [0.4, 0.5) is 17.3 Å². The molecule has 3 aromatic rings. The monoisotopic (exact) mass is 525 g/mol. The van der Waals surface area contributed by atoms with Gasteiger partial charge in [0.15, 0.2) is 5.15 Å². The SMILES string of the molecule is CCC1(n2ncc(Nc3ncc4cc(C)c(N5CCN(C6(C)COCC6O)CC5)cc4n3)c2Cl)CCC1. The van der Waals surface area contributed by atoms with Gasteiger partial charge in [-0.15, -0.1) is 0 Å². The lowest BCUT2D eigenvalue weighted by molar-refractivity contribution is 0.00882. The summed E-state index contributed by atoms with van der Waals surface area (Å²) in [6.07, 6.45) is 7.66. The molecule has 2 N–H and O–H groups in total. The highest BCUT2D eigenvalue weighted by Gasteiger charge is 2.44. The van der Waals surface area contributed by atoms with Crippen LogP contribution in [0.1, 0.15) is 45.1 Å². The predicted molar refractivity (Wildman–Crippen MR) is 146 cm³/mol. The molecule has 2 unspecified atom stereocenters. The van der Waals surface area contributed by atoms with Crippen LogP contribution in [0.2, 0.25) is 5.15 Å². The number of aryl methyl sites for hydroxylation is 1. The summed E-state index contributed by atoms with van der Waals surface area (Å²) in [6.45, 7) is 11.0. The van der Waals surface area contributed by atoms with E-state index in [9.17, 15) is 5.11 Å². The number of rotatable bonds is 6. The van der Waals surface area contributed by atoms with Crippen molar-refractivity contribution in [3.8, 4) is 0 Å². The number of fused-ring (bicyclic) bond motifs is 1. The van der Waals surface area contributed by atoms with Gasteiger partial charge in [0.05, 0.1) is 47.8 Å². The summed E-state index contributed by atoms with van der Waals surface area (Å²) in [5.41, 5.74) is 3.75. The summed E-state index contributed by atoms with van der Waals surface area (Å²) in [6, 6.07) is 4.32. The second-order valence-corrected chi connectivity index (χ2v) is 11.4. The first kappa shape index (κ1) is 24.9. The lowest BCUT2D eigenvalue weighted by Crippen LogP contribution is -2.60. The molecule has 3 aliphatic rings. The fourth-order valence-corrected chi connectivity index (χ4v) is 6.48. The highest BCUT2D eigenvalue weighted by Crippen LogP contribution is 2.44. The van der Waals surface area contributed by atoms with E-state index in [1.54, 1.807) is 6.20 Å². The molecule has 198 valence electrons. The number of hydrogen-bond acceptors (Lipinski definition) is 8. The van der Waals surface area contributed by atoms with Crippen molar-refractivity contribution >= 4 is 39.8 Å². The number of benzene rings is 1. The topological polar surface area (TPSA) is 91.6 Å². The summed E-state index contributed by atoms with van der Waals surface area (Å²) in [4.78, 5) is 14.2. The van der Waals surface area contributed by atoms with Crippen molar-refractivity contribution in [2.75, 3.05) is 49.6 Å². The Hall–Kier alpha value is -2.46. The largest absolute Gasteiger partial charge is 0.389 e. The molecule has 3 fully saturated rings. The van der Waals surface area contributed by atoms with Crippen LogP contribution in [-0.2, 0) is 10.3 Å². The van der Waals surface area contributed by atoms with Crippen LogP contribution >= 0.6 is 11.6 Å². The lowest BCUT2D eigenvalue weighted by Gasteiger charge is -2.45. The molecule has 2 atom stereocenters. The van der Waals surface area contributed by atoms with Gasteiger partial charge in [-0.25, -0.2) is 14.6 Å². The highest BCUT2D eigenvalue weighted by molar-refractivity contribution is 6.32. The quantitative estimate of drug-likeness (QED) is 0.497. The zero-order valence-electron chi connectivity index (χ0n) is 21.9. The minimum absolute atomic E-state index is 0.0397. The summed E-state index contributed by atoms with van der Waals surface area (Å²) >= 11 is 6.74. The first-order valence-corrected chi connectivity index (χ1v) is 13.7. The number of nitrogens with one attached hydrogen (secondary N) is 1. The van der Waals surface area contributed by atoms with Gasteiger partial charge in [-0.2, -0.15) is 5.10 Å². The number of piperazine rings is 1. The molecule has 0 amide bonds. The van der Waals surface area contributed by atoms with Gasteiger partial charge in [-0.3, -0.25) is 4.90 Å². The van der Waals surface area contributed by atoms with Gasteiger partial charge in [0, 0.05) is 43.4 Å². The molecule has 2 aliphatic heterocycles. The van der Waals surface area contributed by atoms with Crippen molar-refractivity contribution < 1.29 is 9.84 Å². The van der Waals surface area contributed by atoms with Crippen molar-refractivity contribution in [3.05, 3.63) is 35.2 Å². The number of anilines is 3. The van der Waals surface area contributed by atoms with Gasteiger partial charge in [0.2, 0.25) is 5.95 Å². The zero-order chi connectivity index (χ0) is 25.8. The Morgan fingerprint density at radius 2 is 1.97 bits per heavy atom. The molecule has 0 bridgehead atoms. The number of aromatic nitrogens is 4. The Kier molecular flexibility index (Phi) is 6.30. The van der Waals surface area contributed by atoms with Crippen molar-refractivity contribution in [1.82, 2.24) is 24.6 Å². The van der Waals surface area contributed by atoms with Crippen LogP contribution in [0.5, 0.6) is 0 Å². The molecule has 0 radical (unpaired) electrons. The Morgan fingerprint density at radius 3 is 2.62 bits per heavy atom. The molecule has 10 heteroatoms. The van der Waals surface area contributed by atoms with E-state index in [0.717, 1.165) is 62.0 Å². The first-order chi connectivity index (χ1) is 17.8. The van der Waals surface area contributed by atoms with Crippen LogP contribution < -0.4 is 10.2 Å². The van der Waals surface area contributed by atoms with Gasteiger partial charge in [-0.1, -0.05) is 18.5 Å². The van der Waals surface area contributed by atoms with E-state index in [2.05, 4.69) is 58.1 Å². The van der Waals surface area contributed by atoms with Gasteiger partial charge in [0.25, 0.3) is 0 Å². The molecule has 1 saturated carbocycles. The normalized spacial score (nSPS) is 26.0. The number of ether oxygens (including phenoxy) is 1. The average Bonchev–Trinajstić information content (AvgIpc) is 3.41. The number of aliphatic hydroxyl groups excluding tert-OH is 1. The summed E-state index contributed by atoms with van der Waals surface area (Å²) in [7, 11) is 0. The van der Waals surface area contributed by atoms with Crippen LogP contribution in [0.3, 0.4) is 0 Å². The standard InChI is InChI=1S/C27H36ClN7O2/c1-4-27(6-5-7-27)35-24(28)21(15-30-35)32-25-29-14-19-12-18(2)22(13-20(19)31-25)33-8-10-34(11-9-33)26(3)17-37-16-23(26)36/h12-15,23,36H,4-11,16-17H2,1-3H3,(H,29,31,32). The maximum atomic E-state index is 10.4. The number of nitrogens with zero attached hydrogens (tertiary/aromatic N) is 6. The van der Waals surface area contributed by atoms with Gasteiger partial charge in [-0.05, 0) is 57.2 Å². The lowest BCUT2D eigenvalue weighted by atomic mass is 9.75. The second-order valence-electron chi connectivity index (χ2n) is 11.1.